The predicted octanol–water partition coefficient (Wildman–Crippen LogP) is 1.96. The molecular weight excluding hydrogens is 374 g/mol. The molecule has 3 rings (SSSR count). The Morgan fingerprint density at radius 3 is 2.72 bits per heavy atom. The molecule has 0 bridgehead atoms. The number of aromatic nitrogens is 2. The van der Waals surface area contributed by atoms with E-state index in [0.717, 1.165) is 5.56 Å². The van der Waals surface area contributed by atoms with E-state index in [1.54, 1.807) is 24.0 Å². The Morgan fingerprint density at radius 1 is 1.28 bits per heavy atom. The van der Waals surface area contributed by atoms with Crippen LogP contribution in [-0.4, -0.2) is 53.4 Å². The summed E-state index contributed by atoms with van der Waals surface area (Å²) in [6.45, 7) is 4.69. The number of ether oxygens (including phenoxy) is 2. The van der Waals surface area contributed by atoms with Crippen molar-refractivity contribution in [1.82, 2.24) is 14.7 Å². The average Bonchev–Trinajstić information content (AvgIpc) is 2.74. The van der Waals surface area contributed by atoms with Gasteiger partial charge in [-0.1, -0.05) is 18.2 Å². The highest BCUT2D eigenvalue weighted by molar-refractivity contribution is 5.95. The summed E-state index contributed by atoms with van der Waals surface area (Å²) < 4.78 is 11.6. The van der Waals surface area contributed by atoms with Gasteiger partial charge in [0.2, 0.25) is 0 Å². The van der Waals surface area contributed by atoms with Crippen LogP contribution in [0.4, 0.5) is 0 Å². The molecule has 29 heavy (non-hydrogen) atoms. The number of hydrogen-bond acceptors (Lipinski definition) is 6. The number of rotatable bonds is 5. The lowest BCUT2D eigenvalue weighted by Crippen LogP contribution is -2.43. The van der Waals surface area contributed by atoms with Gasteiger partial charge in [-0.15, -0.1) is 0 Å². The molecule has 8 heteroatoms. The van der Waals surface area contributed by atoms with Gasteiger partial charge in [-0.05, 0) is 38.3 Å². The molecule has 0 spiro atoms. The fourth-order valence-corrected chi connectivity index (χ4v) is 3.48. The Bertz CT molecular complexity index is 969. The van der Waals surface area contributed by atoms with Crippen molar-refractivity contribution in [2.75, 3.05) is 26.8 Å². The van der Waals surface area contributed by atoms with Crippen LogP contribution in [0.1, 0.15) is 35.8 Å². The van der Waals surface area contributed by atoms with Gasteiger partial charge in [0.25, 0.3) is 11.5 Å². The SMILES string of the molecule is CCOC(=O)C1CCCN(C(=O)c2nn(-c3ccccc3C)c(=O)cc2OC)C1. The normalized spacial score (nSPS) is 16.4. The number of hydrogen-bond donors (Lipinski definition) is 0. The third-order valence-electron chi connectivity index (χ3n) is 4.99. The molecule has 2 heterocycles. The minimum atomic E-state index is -0.393. The summed E-state index contributed by atoms with van der Waals surface area (Å²) >= 11 is 0. The summed E-state index contributed by atoms with van der Waals surface area (Å²) in [5.41, 5.74) is 1.10. The monoisotopic (exact) mass is 399 g/mol. The minimum Gasteiger partial charge on any atom is -0.494 e. The molecule has 1 atom stereocenters. The Labute approximate surface area is 169 Å². The zero-order chi connectivity index (χ0) is 21.0. The van der Waals surface area contributed by atoms with E-state index in [9.17, 15) is 14.4 Å². The number of piperidine rings is 1. The molecule has 0 aliphatic carbocycles. The van der Waals surface area contributed by atoms with Gasteiger partial charge in [0, 0.05) is 13.1 Å². The van der Waals surface area contributed by atoms with Crippen LogP contribution >= 0.6 is 0 Å². The summed E-state index contributed by atoms with van der Waals surface area (Å²) in [5.74, 6) is -0.919. The van der Waals surface area contributed by atoms with Crippen molar-refractivity contribution >= 4 is 11.9 Å². The number of para-hydroxylation sites is 1. The summed E-state index contributed by atoms with van der Waals surface area (Å²) in [4.78, 5) is 39.4. The second-order valence-electron chi connectivity index (χ2n) is 6.94. The molecule has 8 nitrogen and oxygen atoms in total. The van der Waals surface area contributed by atoms with E-state index in [2.05, 4.69) is 5.10 Å². The number of nitrogens with zero attached hydrogens (tertiary/aromatic N) is 3. The van der Waals surface area contributed by atoms with Crippen LogP contribution in [-0.2, 0) is 9.53 Å². The number of likely N-dealkylation sites (tertiary alicyclic amines) is 1. The highest BCUT2D eigenvalue weighted by Crippen LogP contribution is 2.23. The number of carbonyl (C=O) groups excluding carboxylic acids is 2. The molecule has 154 valence electrons. The van der Waals surface area contributed by atoms with E-state index in [4.69, 9.17) is 9.47 Å². The first-order valence-corrected chi connectivity index (χ1v) is 9.66. The Balaban J connectivity index is 1.96. The van der Waals surface area contributed by atoms with Crippen LogP contribution < -0.4 is 10.3 Å². The smallest absolute Gasteiger partial charge is 0.310 e. The van der Waals surface area contributed by atoms with Crippen LogP contribution in [0.2, 0.25) is 0 Å². The molecule has 1 aromatic heterocycles. The summed E-state index contributed by atoms with van der Waals surface area (Å²) in [6.07, 6.45) is 1.37. The first-order valence-electron chi connectivity index (χ1n) is 9.66. The van der Waals surface area contributed by atoms with Gasteiger partial charge in [-0.2, -0.15) is 9.78 Å². The molecule has 0 saturated carbocycles. The quantitative estimate of drug-likeness (QED) is 0.714. The predicted molar refractivity (Wildman–Crippen MR) is 106 cm³/mol. The minimum absolute atomic E-state index is 0.0415. The van der Waals surface area contributed by atoms with Gasteiger partial charge < -0.3 is 14.4 Å². The first-order chi connectivity index (χ1) is 14.0. The molecular formula is C21H25N3O5. The average molecular weight is 399 g/mol. The molecule has 1 fully saturated rings. The molecule has 1 aliphatic rings. The summed E-state index contributed by atoms with van der Waals surface area (Å²) in [6, 6.07) is 8.56. The van der Waals surface area contributed by atoms with Crippen LogP contribution in [0, 0.1) is 12.8 Å². The van der Waals surface area contributed by atoms with Crippen molar-refractivity contribution in [2.45, 2.75) is 26.7 Å². The Kier molecular flexibility index (Phi) is 6.31. The lowest BCUT2D eigenvalue weighted by Gasteiger charge is -2.31. The molecule has 0 N–H and O–H groups in total. The fraction of sp³-hybridized carbons (Fsp3) is 0.429. The third-order valence-corrected chi connectivity index (χ3v) is 4.99. The second-order valence-corrected chi connectivity index (χ2v) is 6.94. The number of amides is 1. The number of methoxy groups -OCH3 is 1. The molecule has 1 aromatic carbocycles. The van der Waals surface area contributed by atoms with Gasteiger partial charge in [0.1, 0.15) is 0 Å². The van der Waals surface area contributed by atoms with Crippen LogP contribution in [0.15, 0.2) is 35.1 Å². The lowest BCUT2D eigenvalue weighted by atomic mass is 9.98. The maximum Gasteiger partial charge on any atom is 0.310 e. The Hall–Kier alpha value is -3.16. The molecule has 1 unspecified atom stereocenters. The zero-order valence-corrected chi connectivity index (χ0v) is 16.9. The lowest BCUT2D eigenvalue weighted by molar-refractivity contribution is -0.149. The topological polar surface area (TPSA) is 90.7 Å². The van der Waals surface area contributed by atoms with Crippen LogP contribution in [0.25, 0.3) is 5.69 Å². The van der Waals surface area contributed by atoms with Crippen molar-refractivity contribution in [3.8, 4) is 11.4 Å². The van der Waals surface area contributed by atoms with Gasteiger partial charge in [-0.3, -0.25) is 14.4 Å². The maximum absolute atomic E-state index is 13.2. The van der Waals surface area contributed by atoms with E-state index in [1.165, 1.54) is 17.9 Å². The molecule has 1 saturated heterocycles. The van der Waals surface area contributed by atoms with Crippen molar-refractivity contribution < 1.29 is 19.1 Å². The standard InChI is InChI=1S/C21H25N3O5/c1-4-29-21(27)15-9-7-11-23(13-15)20(26)19-17(28-3)12-18(25)24(22-19)16-10-6-5-8-14(16)2/h5-6,8,10,12,15H,4,7,9,11,13H2,1-3H3. The van der Waals surface area contributed by atoms with E-state index in [-0.39, 0.29) is 35.8 Å². The number of aryl methyl sites for hydroxylation is 1. The van der Waals surface area contributed by atoms with Gasteiger partial charge in [-0.25, -0.2) is 0 Å². The van der Waals surface area contributed by atoms with Gasteiger partial charge >= 0.3 is 5.97 Å². The Morgan fingerprint density at radius 2 is 2.03 bits per heavy atom. The molecule has 2 aromatic rings. The van der Waals surface area contributed by atoms with Crippen LogP contribution in [0.3, 0.4) is 0 Å². The van der Waals surface area contributed by atoms with Gasteiger partial charge in [0.05, 0.1) is 31.4 Å². The zero-order valence-electron chi connectivity index (χ0n) is 16.9. The van der Waals surface area contributed by atoms with E-state index >= 15 is 0 Å². The van der Waals surface area contributed by atoms with Gasteiger partial charge in [0.15, 0.2) is 11.4 Å². The van der Waals surface area contributed by atoms with Crippen LogP contribution in [0.5, 0.6) is 5.75 Å². The van der Waals surface area contributed by atoms with E-state index < -0.39 is 5.56 Å². The second kappa shape index (κ2) is 8.89. The molecule has 1 amide bonds. The van der Waals surface area contributed by atoms with E-state index in [0.29, 0.717) is 31.7 Å². The van der Waals surface area contributed by atoms with Crippen molar-refractivity contribution in [3.63, 3.8) is 0 Å². The first kappa shape index (κ1) is 20.6. The number of carbonyl (C=O) groups is 2. The van der Waals surface area contributed by atoms with Crippen molar-refractivity contribution in [2.24, 2.45) is 5.92 Å². The summed E-state index contributed by atoms with van der Waals surface area (Å²) in [5, 5.41) is 4.33. The third kappa shape index (κ3) is 4.31. The van der Waals surface area contributed by atoms with Crippen molar-refractivity contribution in [1.29, 1.82) is 0 Å². The van der Waals surface area contributed by atoms with Crippen molar-refractivity contribution in [3.05, 3.63) is 51.9 Å². The fourth-order valence-electron chi connectivity index (χ4n) is 3.48. The summed E-state index contributed by atoms with van der Waals surface area (Å²) in [7, 11) is 1.39. The number of esters is 1. The largest absolute Gasteiger partial charge is 0.494 e. The number of benzene rings is 1. The molecule has 1 aliphatic heterocycles. The molecule has 0 radical (unpaired) electrons. The highest BCUT2D eigenvalue weighted by atomic mass is 16.5. The maximum atomic E-state index is 13.2. The highest BCUT2D eigenvalue weighted by Gasteiger charge is 2.32. The van der Waals surface area contributed by atoms with E-state index in [1.807, 2.05) is 19.1 Å².